The number of nitrogens with zero attached hydrogens (tertiary/aromatic N) is 2. The standard InChI is InChI=1S/C20H21ClN2O3S/c1-14-12-15-6-2-3-7-18(15)23(14)20(24)16-8-9-17(21)19(13-16)22-10-4-5-11-27(22,25)26/h2-3,6-9,13-14H,4-5,10-12H2,1H3/t14-/m0/s1. The van der Waals surface area contributed by atoms with Crippen LogP contribution in [0.4, 0.5) is 11.4 Å². The summed E-state index contributed by atoms with van der Waals surface area (Å²) in [4.78, 5) is 15.0. The summed E-state index contributed by atoms with van der Waals surface area (Å²) in [7, 11) is -3.40. The second-order valence-corrected chi connectivity index (χ2v) is 9.54. The molecule has 0 aromatic heterocycles. The van der Waals surface area contributed by atoms with Crippen LogP contribution in [0.15, 0.2) is 42.5 Å². The van der Waals surface area contributed by atoms with Crippen LogP contribution in [0.2, 0.25) is 5.02 Å². The number of benzene rings is 2. The molecule has 4 rings (SSSR count). The highest BCUT2D eigenvalue weighted by atomic mass is 35.5. The zero-order valence-electron chi connectivity index (χ0n) is 15.1. The van der Waals surface area contributed by atoms with Crippen LogP contribution >= 0.6 is 11.6 Å². The Morgan fingerprint density at radius 3 is 2.67 bits per heavy atom. The van der Waals surface area contributed by atoms with Gasteiger partial charge in [-0.15, -0.1) is 0 Å². The minimum Gasteiger partial charge on any atom is -0.305 e. The molecule has 0 saturated carbocycles. The Hall–Kier alpha value is -2.05. The number of carbonyl (C=O) groups excluding carboxylic acids is 1. The van der Waals surface area contributed by atoms with Crippen molar-refractivity contribution in [2.75, 3.05) is 21.5 Å². The summed E-state index contributed by atoms with van der Waals surface area (Å²) >= 11 is 6.30. The molecule has 2 heterocycles. The summed E-state index contributed by atoms with van der Waals surface area (Å²) < 4.78 is 26.3. The fourth-order valence-corrected chi connectivity index (χ4v) is 5.83. The molecule has 2 aliphatic rings. The number of para-hydroxylation sites is 1. The quantitative estimate of drug-likeness (QED) is 0.763. The van der Waals surface area contributed by atoms with Gasteiger partial charge in [-0.05, 0) is 56.0 Å². The van der Waals surface area contributed by atoms with E-state index in [0.717, 1.165) is 24.1 Å². The molecule has 27 heavy (non-hydrogen) atoms. The maximum Gasteiger partial charge on any atom is 0.258 e. The zero-order valence-corrected chi connectivity index (χ0v) is 16.6. The molecule has 142 valence electrons. The van der Waals surface area contributed by atoms with E-state index in [9.17, 15) is 13.2 Å². The Balaban J connectivity index is 1.72. The van der Waals surface area contributed by atoms with Crippen LogP contribution < -0.4 is 9.21 Å². The van der Waals surface area contributed by atoms with Gasteiger partial charge in [0.05, 0.1) is 16.5 Å². The van der Waals surface area contributed by atoms with Crippen molar-refractivity contribution < 1.29 is 13.2 Å². The summed E-state index contributed by atoms with van der Waals surface area (Å²) in [6.07, 6.45) is 2.24. The number of anilines is 2. The van der Waals surface area contributed by atoms with Gasteiger partial charge in [0.1, 0.15) is 0 Å². The molecule has 0 spiro atoms. The van der Waals surface area contributed by atoms with E-state index >= 15 is 0 Å². The van der Waals surface area contributed by atoms with Crippen LogP contribution in [0.1, 0.15) is 35.7 Å². The topological polar surface area (TPSA) is 57.7 Å². The molecule has 1 fully saturated rings. The third-order valence-corrected chi connectivity index (χ3v) is 7.41. The van der Waals surface area contributed by atoms with Crippen LogP contribution in [0.3, 0.4) is 0 Å². The lowest BCUT2D eigenvalue weighted by Crippen LogP contribution is -2.38. The van der Waals surface area contributed by atoms with E-state index in [1.165, 1.54) is 4.31 Å². The summed E-state index contributed by atoms with van der Waals surface area (Å²) in [5.41, 5.74) is 2.89. The maximum atomic E-state index is 13.2. The first kappa shape index (κ1) is 18.3. The number of carbonyl (C=O) groups is 1. The van der Waals surface area contributed by atoms with Gasteiger partial charge in [0.15, 0.2) is 0 Å². The number of fused-ring (bicyclic) bond motifs is 1. The first-order chi connectivity index (χ1) is 12.9. The monoisotopic (exact) mass is 404 g/mol. The summed E-state index contributed by atoms with van der Waals surface area (Å²) in [6, 6.07) is 12.8. The molecule has 1 atom stereocenters. The molecule has 1 amide bonds. The molecule has 0 bridgehead atoms. The number of halogens is 1. The molecule has 2 aromatic rings. The highest BCUT2D eigenvalue weighted by Crippen LogP contribution is 2.35. The number of hydrogen-bond acceptors (Lipinski definition) is 3. The van der Waals surface area contributed by atoms with Crippen molar-refractivity contribution in [1.29, 1.82) is 0 Å². The van der Waals surface area contributed by atoms with Gasteiger partial charge in [0, 0.05) is 23.8 Å². The highest BCUT2D eigenvalue weighted by Gasteiger charge is 2.33. The molecule has 0 aliphatic carbocycles. The number of rotatable bonds is 2. The van der Waals surface area contributed by atoms with E-state index in [4.69, 9.17) is 11.6 Å². The fraction of sp³-hybridized carbons (Fsp3) is 0.350. The third kappa shape index (κ3) is 3.21. The van der Waals surface area contributed by atoms with Crippen molar-refractivity contribution in [2.45, 2.75) is 32.2 Å². The first-order valence-electron chi connectivity index (χ1n) is 9.10. The Morgan fingerprint density at radius 2 is 1.89 bits per heavy atom. The third-order valence-electron chi connectivity index (χ3n) is 5.24. The Labute approximate surface area is 164 Å². The van der Waals surface area contributed by atoms with Crippen molar-refractivity contribution in [3.8, 4) is 0 Å². The van der Waals surface area contributed by atoms with Crippen LogP contribution in [0.5, 0.6) is 0 Å². The van der Waals surface area contributed by atoms with Crippen LogP contribution in [-0.4, -0.2) is 32.7 Å². The van der Waals surface area contributed by atoms with Gasteiger partial charge >= 0.3 is 0 Å². The van der Waals surface area contributed by atoms with Crippen molar-refractivity contribution in [1.82, 2.24) is 0 Å². The molecule has 7 heteroatoms. The molecule has 0 unspecified atom stereocenters. The number of sulfonamides is 1. The van der Waals surface area contributed by atoms with E-state index in [-0.39, 0.29) is 17.7 Å². The average molecular weight is 405 g/mol. The van der Waals surface area contributed by atoms with E-state index in [0.29, 0.717) is 29.2 Å². The van der Waals surface area contributed by atoms with Gasteiger partial charge in [-0.2, -0.15) is 0 Å². The Bertz CT molecular complexity index is 1010. The molecule has 0 N–H and O–H groups in total. The Kier molecular flexibility index (Phi) is 4.64. The summed E-state index contributed by atoms with van der Waals surface area (Å²) in [6.45, 7) is 2.41. The van der Waals surface area contributed by atoms with Gasteiger partial charge in [-0.1, -0.05) is 29.8 Å². The van der Waals surface area contributed by atoms with E-state index in [1.807, 2.05) is 31.2 Å². The van der Waals surface area contributed by atoms with Gasteiger partial charge in [0.25, 0.3) is 5.91 Å². The van der Waals surface area contributed by atoms with Crippen molar-refractivity contribution in [3.63, 3.8) is 0 Å². The molecule has 0 radical (unpaired) electrons. The smallest absolute Gasteiger partial charge is 0.258 e. The number of hydrogen-bond donors (Lipinski definition) is 0. The van der Waals surface area contributed by atoms with Crippen LogP contribution in [0, 0.1) is 0 Å². The van der Waals surface area contributed by atoms with E-state index in [2.05, 4.69) is 0 Å². The van der Waals surface area contributed by atoms with E-state index < -0.39 is 10.0 Å². The van der Waals surface area contributed by atoms with E-state index in [1.54, 1.807) is 23.1 Å². The molecular weight excluding hydrogens is 384 g/mol. The lowest BCUT2D eigenvalue weighted by molar-refractivity contribution is 0.0981. The summed E-state index contributed by atoms with van der Waals surface area (Å²) in [5, 5.41) is 0.340. The van der Waals surface area contributed by atoms with Crippen LogP contribution in [-0.2, 0) is 16.4 Å². The second kappa shape index (κ2) is 6.84. The SMILES string of the molecule is C[C@H]1Cc2ccccc2N1C(=O)c1ccc(Cl)c(N2CCCCS2(=O)=O)c1. The Morgan fingerprint density at radius 1 is 1.11 bits per heavy atom. The van der Waals surface area contributed by atoms with Crippen molar-refractivity contribution in [3.05, 3.63) is 58.6 Å². The minimum absolute atomic E-state index is 0.0488. The molecule has 2 aliphatic heterocycles. The van der Waals surface area contributed by atoms with Crippen LogP contribution in [0.25, 0.3) is 0 Å². The largest absolute Gasteiger partial charge is 0.305 e. The van der Waals surface area contributed by atoms with Gasteiger partial charge < -0.3 is 4.90 Å². The predicted octanol–water partition coefficient (Wildman–Crippen LogP) is 3.86. The highest BCUT2D eigenvalue weighted by molar-refractivity contribution is 7.92. The van der Waals surface area contributed by atoms with Gasteiger partial charge in [-0.25, -0.2) is 8.42 Å². The molecule has 5 nitrogen and oxygen atoms in total. The van der Waals surface area contributed by atoms with Gasteiger partial charge in [-0.3, -0.25) is 9.10 Å². The van der Waals surface area contributed by atoms with Crippen molar-refractivity contribution in [2.24, 2.45) is 0 Å². The van der Waals surface area contributed by atoms with Gasteiger partial charge in [0.2, 0.25) is 10.0 Å². The zero-order chi connectivity index (χ0) is 19.2. The minimum atomic E-state index is -3.40. The molecule has 1 saturated heterocycles. The van der Waals surface area contributed by atoms with Crippen molar-refractivity contribution >= 4 is 38.9 Å². The first-order valence-corrected chi connectivity index (χ1v) is 11.1. The lowest BCUT2D eigenvalue weighted by atomic mass is 10.1. The maximum absolute atomic E-state index is 13.2. The lowest BCUT2D eigenvalue weighted by Gasteiger charge is -2.29. The summed E-state index contributed by atoms with van der Waals surface area (Å²) in [5.74, 6) is -0.0299. The predicted molar refractivity (Wildman–Crippen MR) is 108 cm³/mol. The molecular formula is C20H21ClN2O3S. The second-order valence-electron chi connectivity index (χ2n) is 7.12. The average Bonchev–Trinajstić information content (AvgIpc) is 2.97. The normalized spacial score (nSPS) is 21.2. The fourth-order valence-electron chi connectivity index (χ4n) is 3.91. The molecule has 2 aromatic carbocycles. The number of amides is 1.